The molecule has 0 N–H and O–H groups in total. The third-order valence-electron chi connectivity index (χ3n) is 17.0. The van der Waals surface area contributed by atoms with Gasteiger partial charge in [-0.2, -0.15) is 0 Å². The lowest BCUT2D eigenvalue weighted by atomic mass is 9.82. The normalized spacial score (nSPS) is 12.0. The first-order valence-corrected chi connectivity index (χ1v) is 29.2. The van der Waals surface area contributed by atoms with Crippen molar-refractivity contribution < 1.29 is 0 Å². The first-order valence-electron chi connectivity index (χ1n) is 27.5. The van der Waals surface area contributed by atoms with E-state index in [0.29, 0.717) is 0 Å². The highest BCUT2D eigenvalue weighted by molar-refractivity contribution is 7.26. The molecule has 80 heavy (non-hydrogen) atoms. The first-order chi connectivity index (χ1) is 39.7. The highest BCUT2D eigenvalue weighted by Gasteiger charge is 2.22. The van der Waals surface area contributed by atoms with Crippen LogP contribution in [0.2, 0.25) is 0 Å². The number of thiophene rings is 2. The molecule has 0 spiro atoms. The van der Waals surface area contributed by atoms with E-state index >= 15 is 0 Å². The van der Waals surface area contributed by atoms with E-state index in [-0.39, 0.29) is 0 Å². The molecule has 370 valence electrons. The van der Waals surface area contributed by atoms with Gasteiger partial charge in [-0.05, 0) is 168 Å². The number of fused-ring (bicyclic) bond motifs is 12. The second-order valence-corrected chi connectivity index (χ2v) is 23.5. The van der Waals surface area contributed by atoms with Gasteiger partial charge in [-0.15, -0.1) is 22.7 Å². The molecule has 17 aromatic rings. The smallest absolute Gasteiger partial charge is 0.0361 e. The zero-order valence-electron chi connectivity index (χ0n) is 43.4. The van der Waals surface area contributed by atoms with Crippen LogP contribution in [0.4, 0.5) is 0 Å². The molecule has 0 saturated carbocycles. The maximum absolute atomic E-state index is 2.50. The van der Waals surface area contributed by atoms with Gasteiger partial charge in [-0.25, -0.2) is 0 Å². The SMILES string of the molecule is c1ccc2c(-c3ccc(-c4c5ccccc5c(-c5ccc6c(c5)sc5ccccc56)c5ccc(-c6ccc7c(-c8cccc9ccccc89)c8ccccc8c(-c8ccc9c(c8)sc8ccccc89)c7c6)cc45)cc3)cccc2c1. The van der Waals surface area contributed by atoms with E-state index in [2.05, 4.69) is 279 Å². The molecule has 15 aromatic carbocycles. The molecular formula is C78H46S2. The van der Waals surface area contributed by atoms with Gasteiger partial charge in [0.2, 0.25) is 0 Å². The Morgan fingerprint density at radius 3 is 1.02 bits per heavy atom. The lowest BCUT2D eigenvalue weighted by Gasteiger charge is -2.21. The molecule has 2 heterocycles. The molecule has 0 atom stereocenters. The van der Waals surface area contributed by atoms with E-state index in [1.54, 1.807) is 0 Å². The van der Waals surface area contributed by atoms with Crippen LogP contribution < -0.4 is 0 Å². The van der Waals surface area contributed by atoms with Crippen LogP contribution in [0.25, 0.3) is 172 Å². The number of hydrogen-bond acceptors (Lipinski definition) is 2. The number of rotatable bonds is 6. The van der Waals surface area contributed by atoms with Crippen LogP contribution in [0.5, 0.6) is 0 Å². The molecular weight excluding hydrogens is 1000 g/mol. The predicted octanol–water partition coefficient (Wildman–Crippen LogP) is 23.3. The lowest BCUT2D eigenvalue weighted by Crippen LogP contribution is -1.93. The molecule has 0 unspecified atom stereocenters. The van der Waals surface area contributed by atoms with Crippen LogP contribution in [-0.4, -0.2) is 0 Å². The lowest BCUT2D eigenvalue weighted by molar-refractivity contribution is 1.63. The topological polar surface area (TPSA) is 0 Å². The number of benzene rings is 15. The second-order valence-electron chi connectivity index (χ2n) is 21.4. The van der Waals surface area contributed by atoms with Crippen molar-refractivity contribution in [2.75, 3.05) is 0 Å². The average molecular weight is 1050 g/mol. The molecule has 0 saturated heterocycles. The summed E-state index contributed by atoms with van der Waals surface area (Å²) in [6.45, 7) is 0. The molecule has 0 bridgehead atoms. The minimum Gasteiger partial charge on any atom is -0.135 e. The van der Waals surface area contributed by atoms with E-state index < -0.39 is 0 Å². The molecule has 0 aliphatic carbocycles. The Labute approximate surface area is 470 Å². The van der Waals surface area contributed by atoms with E-state index in [1.807, 2.05) is 22.7 Å². The Morgan fingerprint density at radius 2 is 0.487 bits per heavy atom. The van der Waals surface area contributed by atoms with Crippen LogP contribution in [0, 0.1) is 0 Å². The molecule has 0 aliphatic rings. The summed E-state index contributed by atoms with van der Waals surface area (Å²) in [5, 5.41) is 20.2. The molecule has 0 radical (unpaired) electrons. The largest absolute Gasteiger partial charge is 0.135 e. The highest BCUT2D eigenvalue weighted by atomic mass is 32.1. The average Bonchev–Trinajstić information content (AvgIpc) is 4.15. The number of hydrogen-bond donors (Lipinski definition) is 0. The quantitative estimate of drug-likeness (QED) is 0.146. The summed E-state index contributed by atoms with van der Waals surface area (Å²) >= 11 is 3.77. The predicted molar refractivity (Wildman–Crippen MR) is 350 cm³/mol. The van der Waals surface area contributed by atoms with Crippen LogP contribution in [0.1, 0.15) is 0 Å². The van der Waals surface area contributed by atoms with Gasteiger partial charge >= 0.3 is 0 Å². The minimum atomic E-state index is 1.18. The fourth-order valence-electron chi connectivity index (χ4n) is 13.4. The van der Waals surface area contributed by atoms with Crippen molar-refractivity contribution >= 4 is 128 Å². The minimum absolute atomic E-state index is 1.18. The van der Waals surface area contributed by atoms with Crippen LogP contribution in [0.3, 0.4) is 0 Å². The van der Waals surface area contributed by atoms with Gasteiger partial charge in [0.05, 0.1) is 0 Å². The fourth-order valence-corrected chi connectivity index (χ4v) is 15.7. The summed E-state index contributed by atoms with van der Waals surface area (Å²) in [7, 11) is 0. The van der Waals surface area contributed by atoms with Gasteiger partial charge in [0.25, 0.3) is 0 Å². The molecule has 0 nitrogen and oxygen atoms in total. The van der Waals surface area contributed by atoms with Crippen LogP contribution in [-0.2, 0) is 0 Å². The Morgan fingerprint density at radius 1 is 0.163 bits per heavy atom. The molecule has 2 heteroatoms. The highest BCUT2D eigenvalue weighted by Crippen LogP contribution is 2.50. The summed E-state index contributed by atoms with van der Waals surface area (Å²) in [5.74, 6) is 0. The van der Waals surface area contributed by atoms with E-state index in [1.165, 1.54) is 172 Å². The van der Waals surface area contributed by atoms with Crippen molar-refractivity contribution in [3.8, 4) is 66.8 Å². The molecule has 2 aromatic heterocycles. The monoisotopic (exact) mass is 1050 g/mol. The van der Waals surface area contributed by atoms with Crippen molar-refractivity contribution in [2.45, 2.75) is 0 Å². The van der Waals surface area contributed by atoms with Crippen molar-refractivity contribution in [3.05, 3.63) is 279 Å². The fraction of sp³-hybridized carbons (Fsp3) is 0. The van der Waals surface area contributed by atoms with Gasteiger partial charge in [0.15, 0.2) is 0 Å². The van der Waals surface area contributed by atoms with Gasteiger partial charge in [-0.3, -0.25) is 0 Å². The summed E-state index contributed by atoms with van der Waals surface area (Å²) in [6.07, 6.45) is 0. The van der Waals surface area contributed by atoms with E-state index in [0.717, 1.165) is 0 Å². The van der Waals surface area contributed by atoms with Crippen molar-refractivity contribution in [2.24, 2.45) is 0 Å². The van der Waals surface area contributed by atoms with Crippen molar-refractivity contribution in [1.82, 2.24) is 0 Å². The Hall–Kier alpha value is -9.70. The van der Waals surface area contributed by atoms with Crippen molar-refractivity contribution in [3.63, 3.8) is 0 Å². The summed E-state index contributed by atoms with van der Waals surface area (Å²) in [5.41, 5.74) is 14.8. The maximum Gasteiger partial charge on any atom is 0.0361 e. The Kier molecular flexibility index (Phi) is 10.2. The maximum atomic E-state index is 2.50. The zero-order valence-corrected chi connectivity index (χ0v) is 45.0. The van der Waals surface area contributed by atoms with Gasteiger partial charge < -0.3 is 0 Å². The Bertz CT molecular complexity index is 5410. The van der Waals surface area contributed by atoms with E-state index in [4.69, 9.17) is 0 Å². The van der Waals surface area contributed by atoms with Gasteiger partial charge in [0, 0.05) is 40.3 Å². The van der Waals surface area contributed by atoms with Crippen molar-refractivity contribution in [1.29, 1.82) is 0 Å². The summed E-state index contributed by atoms with van der Waals surface area (Å²) < 4.78 is 5.24. The Balaban J connectivity index is 0.933. The van der Waals surface area contributed by atoms with Crippen LogP contribution >= 0.6 is 22.7 Å². The third-order valence-corrected chi connectivity index (χ3v) is 19.3. The molecule has 0 fully saturated rings. The summed E-state index contributed by atoms with van der Waals surface area (Å²) in [6, 6.07) is 105. The third kappa shape index (κ3) is 6.99. The first kappa shape index (κ1) is 45.3. The van der Waals surface area contributed by atoms with Crippen LogP contribution in [0.15, 0.2) is 279 Å². The summed E-state index contributed by atoms with van der Waals surface area (Å²) in [4.78, 5) is 0. The molecule has 17 rings (SSSR count). The second kappa shape index (κ2) is 17.9. The van der Waals surface area contributed by atoms with E-state index in [9.17, 15) is 0 Å². The zero-order chi connectivity index (χ0) is 52.4. The van der Waals surface area contributed by atoms with Gasteiger partial charge in [-0.1, -0.05) is 243 Å². The molecule has 0 aliphatic heterocycles. The van der Waals surface area contributed by atoms with Gasteiger partial charge in [0.1, 0.15) is 0 Å². The molecule has 0 amide bonds. The standard InChI is InChI=1S/C78H46S2/c1-3-19-55-47(15-1)17-13-27-56(55)49-31-33-50(34-32-49)75-63-23-5-6-24-64(63)76(53-37-39-60-58-21-9-11-29-71(58)79-73(60)45-53)67-41-35-51(43-69(67)75)52-36-42-68-70(44-52)77(54-38-40-61-59-22-10-12-30-72(59)80-74(61)46-54)65-25-7-8-26-66(65)78(68)62-28-14-18-48-16-2-4-20-57(48)62/h1-46H.